The fraction of sp³-hybridized carbons (Fsp3) is 0.667. The first-order valence-corrected chi connectivity index (χ1v) is 3.65. The van der Waals surface area contributed by atoms with Crippen LogP contribution in [0.15, 0.2) is 12.1 Å². The Morgan fingerprint density at radius 1 is 1.27 bits per heavy atom. The minimum absolute atomic E-state index is 0. The predicted molar refractivity (Wildman–Crippen MR) is 41.8 cm³/mol. The summed E-state index contributed by atoms with van der Waals surface area (Å²) in [5, 5.41) is 0. The Balaban J connectivity index is 0. The third kappa shape index (κ3) is 9.88. The summed E-state index contributed by atoms with van der Waals surface area (Å²) in [6.45, 7) is -4.76. The van der Waals surface area contributed by atoms with Crippen molar-refractivity contribution in [2.24, 2.45) is 0 Å². The fourth-order valence-electron chi connectivity index (χ4n) is 0.812. The van der Waals surface area contributed by atoms with Crippen LogP contribution in [-0.4, -0.2) is 38.2 Å². The molecule has 0 rings (SSSR count). The molecule has 0 N–H and O–H groups in total. The zero-order chi connectivity index (χ0) is 11.6. The van der Waals surface area contributed by atoms with E-state index < -0.39 is 31.7 Å². The third-order valence-electron chi connectivity index (χ3n) is 1.39. The average molecular weight is 259 g/mol. The Bertz CT molecular complexity index is 213. The van der Waals surface area contributed by atoms with Crippen molar-refractivity contribution in [2.45, 2.75) is 6.18 Å². The molecule has 0 aliphatic carbocycles. The van der Waals surface area contributed by atoms with Gasteiger partial charge in [0.1, 0.15) is 0 Å². The topological polar surface area (TPSA) is 3.24 Å². The molecule has 0 saturated carbocycles. The standard InChI is InChI=1S/C6H9BF6N.K/c1-5(7(11,12)13)3-14(2)4-6(8,9)10;/h1,3-4H2,2H3;/q-1;+1. The quantitative estimate of drug-likeness (QED) is 0.482. The Morgan fingerprint density at radius 3 is 1.93 bits per heavy atom. The maximum atomic E-state index is 11.9. The van der Waals surface area contributed by atoms with Gasteiger partial charge < -0.3 is 12.9 Å². The van der Waals surface area contributed by atoms with Gasteiger partial charge in [-0.15, -0.1) is 12.1 Å². The molecule has 0 bridgehead atoms. The van der Waals surface area contributed by atoms with Crippen molar-refractivity contribution in [1.82, 2.24) is 4.90 Å². The molecule has 84 valence electrons. The van der Waals surface area contributed by atoms with E-state index in [1.807, 2.05) is 0 Å². The average Bonchev–Trinajstić information content (AvgIpc) is 1.79. The fourth-order valence-corrected chi connectivity index (χ4v) is 0.812. The molecule has 0 aromatic heterocycles. The molecule has 9 heteroatoms. The summed E-state index contributed by atoms with van der Waals surface area (Å²) in [5.74, 6) is 0. The number of nitrogens with zero attached hydrogens (tertiary/aromatic N) is 1. The van der Waals surface area contributed by atoms with Crippen LogP contribution in [0.1, 0.15) is 0 Å². The summed E-state index contributed by atoms with van der Waals surface area (Å²) >= 11 is 0. The molecule has 0 fully saturated rings. The van der Waals surface area contributed by atoms with E-state index in [2.05, 4.69) is 6.58 Å². The van der Waals surface area contributed by atoms with Crippen LogP contribution in [-0.2, 0) is 0 Å². The van der Waals surface area contributed by atoms with Crippen molar-refractivity contribution in [1.29, 1.82) is 0 Å². The zero-order valence-electron chi connectivity index (χ0n) is 8.41. The first kappa shape index (κ1) is 18.3. The second kappa shape index (κ2) is 6.65. The minimum atomic E-state index is -5.25. The molecule has 0 amide bonds. The molecule has 0 aromatic rings. The summed E-state index contributed by atoms with van der Waals surface area (Å²) in [6.07, 6.45) is -4.49. The number of hydrogen-bond acceptors (Lipinski definition) is 1. The van der Waals surface area contributed by atoms with Crippen LogP contribution in [0.2, 0.25) is 0 Å². The molecule has 0 saturated heterocycles. The SMILES string of the molecule is C=C(CN(C)CC(F)(F)F)[B-](F)(F)F.[K+]. The summed E-state index contributed by atoms with van der Waals surface area (Å²) in [6, 6.07) is 0. The van der Waals surface area contributed by atoms with Crippen LogP contribution in [0, 0.1) is 0 Å². The van der Waals surface area contributed by atoms with Crippen molar-refractivity contribution in [3.8, 4) is 0 Å². The second-order valence-electron chi connectivity index (χ2n) is 3.02. The van der Waals surface area contributed by atoms with Crippen molar-refractivity contribution >= 4 is 6.98 Å². The molecule has 1 nitrogen and oxygen atoms in total. The molecule has 0 heterocycles. The first-order chi connectivity index (χ1) is 6.02. The summed E-state index contributed by atoms with van der Waals surface area (Å²) in [7, 11) is 0.959. The van der Waals surface area contributed by atoms with E-state index in [4.69, 9.17) is 0 Å². The molecule has 0 aliphatic rings. The van der Waals surface area contributed by atoms with Crippen LogP contribution in [0.3, 0.4) is 0 Å². The Morgan fingerprint density at radius 2 is 1.67 bits per heavy atom. The van der Waals surface area contributed by atoms with Crippen molar-refractivity contribution in [3.05, 3.63) is 12.1 Å². The van der Waals surface area contributed by atoms with Gasteiger partial charge in [0.2, 0.25) is 0 Å². The van der Waals surface area contributed by atoms with Gasteiger partial charge in [-0.05, 0) is 13.6 Å². The number of likely N-dealkylation sites (N-methyl/N-ethyl adjacent to an activating group) is 1. The normalized spacial score (nSPS) is 12.5. The number of hydrogen-bond donors (Lipinski definition) is 0. The first-order valence-electron chi connectivity index (χ1n) is 3.65. The molecule has 0 atom stereocenters. The molecule has 0 spiro atoms. The largest absolute Gasteiger partial charge is 1.00 e. The van der Waals surface area contributed by atoms with E-state index >= 15 is 0 Å². The smallest absolute Gasteiger partial charge is 0.445 e. The third-order valence-corrected chi connectivity index (χ3v) is 1.39. The van der Waals surface area contributed by atoms with Crippen LogP contribution < -0.4 is 51.4 Å². The van der Waals surface area contributed by atoms with Crippen molar-refractivity contribution in [3.63, 3.8) is 0 Å². The zero-order valence-corrected chi connectivity index (χ0v) is 11.5. The summed E-state index contributed by atoms with van der Waals surface area (Å²) in [4.78, 5) is 0.525. The van der Waals surface area contributed by atoms with E-state index in [0.717, 1.165) is 7.05 Å². The maximum Gasteiger partial charge on any atom is 1.00 e. The minimum Gasteiger partial charge on any atom is -0.445 e. The predicted octanol–water partition coefficient (Wildman–Crippen LogP) is -0.573. The van der Waals surface area contributed by atoms with Crippen LogP contribution in [0.25, 0.3) is 0 Å². The van der Waals surface area contributed by atoms with Crippen molar-refractivity contribution in [2.75, 3.05) is 20.1 Å². The van der Waals surface area contributed by atoms with Gasteiger partial charge in [0.15, 0.2) is 0 Å². The summed E-state index contributed by atoms with van der Waals surface area (Å²) in [5.41, 5.74) is -1.13. The molecule has 0 radical (unpaired) electrons. The second-order valence-corrected chi connectivity index (χ2v) is 3.02. The Hall–Kier alpha value is 0.981. The van der Waals surface area contributed by atoms with E-state index in [0.29, 0.717) is 4.90 Å². The van der Waals surface area contributed by atoms with E-state index in [1.54, 1.807) is 0 Å². The molecule has 0 unspecified atom stereocenters. The van der Waals surface area contributed by atoms with E-state index in [1.165, 1.54) is 0 Å². The van der Waals surface area contributed by atoms with Gasteiger partial charge in [0.25, 0.3) is 0 Å². The van der Waals surface area contributed by atoms with Gasteiger partial charge >= 0.3 is 64.5 Å². The summed E-state index contributed by atoms with van der Waals surface area (Å²) < 4.78 is 70.8. The van der Waals surface area contributed by atoms with E-state index in [-0.39, 0.29) is 51.4 Å². The Labute approximate surface area is 126 Å². The van der Waals surface area contributed by atoms with Crippen LogP contribution >= 0.6 is 0 Å². The molecule has 0 aliphatic heterocycles. The maximum absolute atomic E-state index is 11.9. The Kier molecular flexibility index (Phi) is 8.14. The van der Waals surface area contributed by atoms with Gasteiger partial charge in [-0.1, -0.05) is 0 Å². The van der Waals surface area contributed by atoms with Crippen molar-refractivity contribution < 1.29 is 77.5 Å². The van der Waals surface area contributed by atoms with Gasteiger partial charge in [-0.3, -0.25) is 4.90 Å². The van der Waals surface area contributed by atoms with E-state index in [9.17, 15) is 26.1 Å². The molecule has 0 aromatic carbocycles. The monoisotopic (exact) mass is 259 g/mol. The molecule has 15 heavy (non-hydrogen) atoms. The van der Waals surface area contributed by atoms with Crippen LogP contribution in [0.4, 0.5) is 26.1 Å². The van der Waals surface area contributed by atoms with Crippen LogP contribution in [0.5, 0.6) is 0 Å². The van der Waals surface area contributed by atoms with Gasteiger partial charge in [0.05, 0.1) is 6.54 Å². The van der Waals surface area contributed by atoms with Gasteiger partial charge in [0, 0.05) is 0 Å². The van der Waals surface area contributed by atoms with Gasteiger partial charge in [-0.2, -0.15) is 13.2 Å². The number of alkyl halides is 3. The van der Waals surface area contributed by atoms with Gasteiger partial charge in [-0.25, -0.2) is 0 Å². The number of rotatable bonds is 4. The molecular formula is C6H9BF6KN. The molecular weight excluding hydrogens is 250 g/mol. The number of halogens is 6.